The van der Waals surface area contributed by atoms with E-state index in [0.717, 1.165) is 37.6 Å². The molecule has 0 N–H and O–H groups in total. The fourth-order valence-electron chi connectivity index (χ4n) is 3.35. The SMILES string of the molecule is CC(C)(C)c1ccccc1OCCCCCCOc1ccccc1C(C)(C)C. The van der Waals surface area contributed by atoms with Gasteiger partial charge in [-0.15, -0.1) is 0 Å². The van der Waals surface area contributed by atoms with Gasteiger partial charge in [0.15, 0.2) is 0 Å². The molecule has 0 atom stereocenters. The van der Waals surface area contributed by atoms with Crippen molar-refractivity contribution in [1.82, 2.24) is 0 Å². The van der Waals surface area contributed by atoms with Crippen molar-refractivity contribution in [3.63, 3.8) is 0 Å². The first-order valence-electron chi connectivity index (χ1n) is 10.6. The standard InChI is InChI=1S/C26H38O2/c1-25(2,3)21-15-9-11-17-23(21)27-19-13-7-8-14-20-28-24-18-12-10-16-22(24)26(4,5)6/h9-12,15-18H,7-8,13-14,19-20H2,1-6H3. The molecule has 2 heteroatoms. The Kier molecular flexibility index (Phi) is 7.98. The molecule has 0 spiro atoms. The minimum Gasteiger partial charge on any atom is -0.493 e. The van der Waals surface area contributed by atoms with E-state index in [1.807, 2.05) is 0 Å². The third kappa shape index (κ3) is 6.89. The minimum absolute atomic E-state index is 0.108. The number of para-hydroxylation sites is 2. The molecule has 2 aromatic carbocycles. The zero-order valence-electron chi connectivity index (χ0n) is 18.7. The van der Waals surface area contributed by atoms with Gasteiger partial charge in [-0.25, -0.2) is 0 Å². The molecule has 0 bridgehead atoms. The molecular weight excluding hydrogens is 344 g/mol. The van der Waals surface area contributed by atoms with Gasteiger partial charge in [-0.1, -0.05) is 77.9 Å². The summed E-state index contributed by atoms with van der Waals surface area (Å²) in [7, 11) is 0. The van der Waals surface area contributed by atoms with Crippen LogP contribution in [0.4, 0.5) is 0 Å². The van der Waals surface area contributed by atoms with Gasteiger partial charge in [-0.2, -0.15) is 0 Å². The van der Waals surface area contributed by atoms with Crippen LogP contribution in [0.1, 0.15) is 78.4 Å². The second-order valence-corrected chi connectivity index (χ2v) is 9.60. The Balaban J connectivity index is 1.67. The zero-order chi connectivity index (χ0) is 20.6. The van der Waals surface area contributed by atoms with E-state index in [4.69, 9.17) is 9.47 Å². The van der Waals surface area contributed by atoms with Crippen LogP contribution in [0.3, 0.4) is 0 Å². The first-order valence-corrected chi connectivity index (χ1v) is 10.6. The summed E-state index contributed by atoms with van der Waals surface area (Å²) in [5.74, 6) is 2.05. The molecule has 0 unspecified atom stereocenters. The number of ether oxygens (including phenoxy) is 2. The maximum absolute atomic E-state index is 6.06. The fraction of sp³-hybridized carbons (Fsp3) is 0.538. The predicted molar refractivity (Wildman–Crippen MR) is 120 cm³/mol. The molecule has 154 valence electrons. The van der Waals surface area contributed by atoms with Crippen molar-refractivity contribution in [3.05, 3.63) is 59.7 Å². The molecule has 0 saturated carbocycles. The Morgan fingerprint density at radius 2 is 0.893 bits per heavy atom. The number of hydrogen-bond acceptors (Lipinski definition) is 2. The Hall–Kier alpha value is -1.96. The lowest BCUT2D eigenvalue weighted by Gasteiger charge is -2.23. The van der Waals surface area contributed by atoms with Crippen LogP contribution in [0.2, 0.25) is 0 Å². The van der Waals surface area contributed by atoms with Gasteiger partial charge in [0.05, 0.1) is 13.2 Å². The summed E-state index contributed by atoms with van der Waals surface area (Å²) in [5, 5.41) is 0. The summed E-state index contributed by atoms with van der Waals surface area (Å²) in [6, 6.07) is 16.8. The van der Waals surface area contributed by atoms with Crippen LogP contribution in [-0.2, 0) is 10.8 Å². The summed E-state index contributed by atoms with van der Waals surface area (Å²) in [5.41, 5.74) is 2.77. The van der Waals surface area contributed by atoms with Gasteiger partial charge in [0.2, 0.25) is 0 Å². The molecule has 0 heterocycles. The van der Waals surface area contributed by atoms with Gasteiger partial charge in [0.1, 0.15) is 11.5 Å². The van der Waals surface area contributed by atoms with Gasteiger partial charge in [0, 0.05) is 0 Å². The van der Waals surface area contributed by atoms with Crippen LogP contribution in [0.25, 0.3) is 0 Å². The predicted octanol–water partition coefficient (Wildman–Crippen LogP) is 7.30. The largest absolute Gasteiger partial charge is 0.493 e. The van der Waals surface area contributed by atoms with E-state index in [1.165, 1.54) is 24.0 Å². The summed E-state index contributed by atoms with van der Waals surface area (Å²) in [4.78, 5) is 0. The quantitative estimate of drug-likeness (QED) is 0.424. The number of hydrogen-bond donors (Lipinski definition) is 0. The van der Waals surface area contributed by atoms with Crippen molar-refractivity contribution >= 4 is 0 Å². The van der Waals surface area contributed by atoms with E-state index in [2.05, 4.69) is 90.1 Å². The molecule has 0 fully saturated rings. The van der Waals surface area contributed by atoms with Crippen LogP contribution < -0.4 is 9.47 Å². The monoisotopic (exact) mass is 382 g/mol. The molecule has 0 aliphatic heterocycles. The fourth-order valence-corrected chi connectivity index (χ4v) is 3.35. The normalized spacial score (nSPS) is 12.1. The van der Waals surface area contributed by atoms with E-state index >= 15 is 0 Å². The molecular formula is C26H38O2. The number of unbranched alkanes of at least 4 members (excludes halogenated alkanes) is 3. The highest BCUT2D eigenvalue weighted by molar-refractivity contribution is 5.39. The lowest BCUT2D eigenvalue weighted by atomic mass is 9.86. The average Bonchev–Trinajstić information content (AvgIpc) is 2.63. The summed E-state index contributed by atoms with van der Waals surface area (Å²) >= 11 is 0. The highest BCUT2D eigenvalue weighted by Crippen LogP contribution is 2.32. The van der Waals surface area contributed by atoms with Crippen molar-refractivity contribution in [2.24, 2.45) is 0 Å². The zero-order valence-corrected chi connectivity index (χ0v) is 18.7. The third-order valence-electron chi connectivity index (χ3n) is 4.94. The lowest BCUT2D eigenvalue weighted by Crippen LogP contribution is -2.14. The first-order chi connectivity index (χ1) is 13.2. The molecule has 2 aromatic rings. The molecule has 0 aromatic heterocycles. The maximum Gasteiger partial charge on any atom is 0.123 e. The second kappa shape index (κ2) is 10.0. The lowest BCUT2D eigenvalue weighted by molar-refractivity contribution is 0.281. The van der Waals surface area contributed by atoms with E-state index in [1.54, 1.807) is 0 Å². The van der Waals surface area contributed by atoms with Gasteiger partial charge >= 0.3 is 0 Å². The smallest absolute Gasteiger partial charge is 0.123 e. The van der Waals surface area contributed by atoms with Crippen LogP contribution in [0, 0.1) is 0 Å². The maximum atomic E-state index is 6.06. The van der Waals surface area contributed by atoms with Crippen molar-refractivity contribution in [3.8, 4) is 11.5 Å². The summed E-state index contributed by atoms with van der Waals surface area (Å²) in [6.45, 7) is 14.9. The molecule has 28 heavy (non-hydrogen) atoms. The van der Waals surface area contributed by atoms with E-state index in [9.17, 15) is 0 Å². The summed E-state index contributed by atoms with van der Waals surface area (Å²) < 4.78 is 12.1. The van der Waals surface area contributed by atoms with Crippen molar-refractivity contribution in [1.29, 1.82) is 0 Å². The first kappa shape index (κ1) is 22.3. The van der Waals surface area contributed by atoms with Crippen molar-refractivity contribution < 1.29 is 9.47 Å². The molecule has 2 nitrogen and oxygen atoms in total. The van der Waals surface area contributed by atoms with Gasteiger partial charge in [-0.05, 0) is 59.8 Å². The average molecular weight is 383 g/mol. The molecule has 0 radical (unpaired) electrons. The van der Waals surface area contributed by atoms with Gasteiger partial charge in [-0.3, -0.25) is 0 Å². The van der Waals surface area contributed by atoms with Gasteiger partial charge < -0.3 is 9.47 Å². The van der Waals surface area contributed by atoms with Gasteiger partial charge in [0.25, 0.3) is 0 Å². The number of benzene rings is 2. The molecule has 2 rings (SSSR count). The summed E-state index contributed by atoms with van der Waals surface area (Å²) in [6.07, 6.45) is 4.50. The molecule has 0 aliphatic rings. The van der Waals surface area contributed by atoms with Crippen LogP contribution in [-0.4, -0.2) is 13.2 Å². The van der Waals surface area contributed by atoms with Crippen LogP contribution in [0.15, 0.2) is 48.5 Å². The Morgan fingerprint density at radius 1 is 0.536 bits per heavy atom. The van der Waals surface area contributed by atoms with Crippen LogP contribution in [0.5, 0.6) is 11.5 Å². The Bertz CT molecular complexity index is 656. The second-order valence-electron chi connectivity index (χ2n) is 9.60. The van der Waals surface area contributed by atoms with E-state index < -0.39 is 0 Å². The van der Waals surface area contributed by atoms with Crippen molar-refractivity contribution in [2.75, 3.05) is 13.2 Å². The Morgan fingerprint density at radius 3 is 1.25 bits per heavy atom. The highest BCUT2D eigenvalue weighted by Gasteiger charge is 2.19. The van der Waals surface area contributed by atoms with Crippen molar-refractivity contribution in [2.45, 2.75) is 78.1 Å². The topological polar surface area (TPSA) is 18.5 Å². The third-order valence-corrected chi connectivity index (χ3v) is 4.94. The Labute approximate surface area is 172 Å². The minimum atomic E-state index is 0.108. The molecule has 0 saturated heterocycles. The van der Waals surface area contributed by atoms with E-state index in [0.29, 0.717) is 0 Å². The van der Waals surface area contributed by atoms with Crippen LogP contribution >= 0.6 is 0 Å². The molecule has 0 amide bonds. The highest BCUT2D eigenvalue weighted by atomic mass is 16.5. The molecule has 0 aliphatic carbocycles. The number of rotatable bonds is 9. The van der Waals surface area contributed by atoms with E-state index in [-0.39, 0.29) is 10.8 Å².